The molecule has 0 bridgehead atoms. The van der Waals surface area contributed by atoms with Crippen LogP contribution < -0.4 is 4.74 Å². The van der Waals surface area contributed by atoms with Gasteiger partial charge in [0.05, 0.1) is 19.8 Å². The number of rotatable bonds is 6. The fourth-order valence-corrected chi connectivity index (χ4v) is 3.88. The van der Waals surface area contributed by atoms with Gasteiger partial charge in [0.1, 0.15) is 24.0 Å². The maximum atomic E-state index is 12.3. The van der Waals surface area contributed by atoms with Gasteiger partial charge in [0.15, 0.2) is 0 Å². The number of nitrogens with zero attached hydrogens (tertiary/aromatic N) is 2. The van der Waals surface area contributed by atoms with Crippen molar-refractivity contribution in [2.45, 2.75) is 18.8 Å². The molecule has 2 rings (SSSR count). The molecule has 1 saturated heterocycles. The van der Waals surface area contributed by atoms with Gasteiger partial charge < -0.3 is 19.1 Å². The molecule has 1 fully saturated rings. The molecule has 0 radical (unpaired) electrons. The summed E-state index contributed by atoms with van der Waals surface area (Å²) in [5.41, 5.74) is 1.30. The van der Waals surface area contributed by atoms with E-state index in [-0.39, 0.29) is 23.1 Å². The fourth-order valence-electron chi connectivity index (χ4n) is 3.30. The molecule has 29 heavy (non-hydrogen) atoms. The van der Waals surface area contributed by atoms with Crippen LogP contribution in [0.4, 0.5) is 4.79 Å². The number of hydrogen-bond acceptors (Lipinski definition) is 6. The van der Waals surface area contributed by atoms with E-state index in [4.69, 9.17) is 14.2 Å². The van der Waals surface area contributed by atoms with Crippen LogP contribution in [0.25, 0.3) is 0 Å². The molecule has 1 aliphatic heterocycles. The van der Waals surface area contributed by atoms with Gasteiger partial charge in [0.2, 0.25) is 0 Å². The van der Waals surface area contributed by atoms with Gasteiger partial charge in [0.25, 0.3) is 0 Å². The van der Waals surface area contributed by atoms with Gasteiger partial charge in [-0.05, 0) is 55.2 Å². The number of methoxy groups -OCH3 is 2. The number of carbonyl (C=O) groups excluding carboxylic acids is 2. The third-order valence-corrected chi connectivity index (χ3v) is 6.39. The number of ether oxygens (including phenoxy) is 3. The monoisotopic (exact) mass is 422 g/mol. The fraction of sp³-hybridized carbons (Fsp3) is 0.571. The second-order valence-electron chi connectivity index (χ2n) is 7.92. The summed E-state index contributed by atoms with van der Waals surface area (Å²) < 4.78 is 15.5. The number of amides is 1. The normalized spacial score (nSPS) is 15.4. The summed E-state index contributed by atoms with van der Waals surface area (Å²) in [7, 11) is 2.05. The number of esters is 1. The largest absolute Gasteiger partial charge is 0.496 e. The highest BCUT2D eigenvalue weighted by Gasteiger charge is 2.27. The van der Waals surface area contributed by atoms with Crippen molar-refractivity contribution in [1.82, 2.24) is 4.90 Å². The summed E-state index contributed by atoms with van der Waals surface area (Å²) >= 11 is 0. The molecule has 0 saturated carbocycles. The average molecular weight is 423 g/mol. The van der Waals surface area contributed by atoms with Crippen LogP contribution in [0.15, 0.2) is 12.1 Å². The number of nitriles is 1. The van der Waals surface area contributed by atoms with Gasteiger partial charge in [-0.3, -0.25) is 0 Å². The molecule has 0 aliphatic carbocycles. The number of benzene rings is 1. The Labute approximate surface area is 174 Å². The van der Waals surface area contributed by atoms with Crippen molar-refractivity contribution in [2.24, 2.45) is 0 Å². The molecule has 160 valence electrons. The highest BCUT2D eigenvalue weighted by Crippen LogP contribution is 2.35. The van der Waals surface area contributed by atoms with Gasteiger partial charge in [0, 0.05) is 18.8 Å². The Morgan fingerprint density at radius 1 is 1.21 bits per heavy atom. The molecular formula is C21H30N2O5S. The average Bonchev–Trinajstić information content (AvgIpc) is 2.71. The van der Waals surface area contributed by atoms with Crippen molar-refractivity contribution in [2.75, 3.05) is 58.4 Å². The Morgan fingerprint density at radius 2 is 1.86 bits per heavy atom. The number of likely N-dealkylation sites (tertiary alicyclic amines) is 1. The van der Waals surface area contributed by atoms with Crippen molar-refractivity contribution < 1.29 is 23.8 Å². The Balaban J connectivity index is 2.05. The Bertz CT molecular complexity index is 789. The van der Waals surface area contributed by atoms with Gasteiger partial charge >= 0.3 is 12.1 Å². The third kappa shape index (κ3) is 6.04. The molecule has 0 spiro atoms. The summed E-state index contributed by atoms with van der Waals surface area (Å²) in [4.78, 5) is 26.0. The Kier molecular flexibility index (Phi) is 7.80. The zero-order chi connectivity index (χ0) is 21.6. The van der Waals surface area contributed by atoms with Crippen LogP contribution in [0.2, 0.25) is 0 Å². The molecule has 7 nitrogen and oxygen atoms in total. The lowest BCUT2D eigenvalue weighted by molar-refractivity contribution is 0.0596. The SMILES string of the molecule is COC(=O)c1c(C#N)cc(C2CCN(C(=O)OCCS(C)(C)C)CC2)cc1OC. The first-order valence-electron chi connectivity index (χ1n) is 9.48. The molecule has 1 amide bonds. The highest BCUT2D eigenvalue weighted by molar-refractivity contribution is 8.32. The minimum Gasteiger partial charge on any atom is -0.496 e. The maximum Gasteiger partial charge on any atom is 0.409 e. The van der Waals surface area contributed by atoms with Crippen LogP contribution in [-0.2, 0) is 9.47 Å². The number of piperidine rings is 1. The molecule has 1 heterocycles. The second kappa shape index (κ2) is 9.88. The molecule has 0 unspecified atom stereocenters. The Hall–Kier alpha value is -2.40. The summed E-state index contributed by atoms with van der Waals surface area (Å²) in [6.45, 7) is 1.64. The topological polar surface area (TPSA) is 88.9 Å². The smallest absolute Gasteiger partial charge is 0.409 e. The Morgan fingerprint density at radius 3 is 2.38 bits per heavy atom. The van der Waals surface area contributed by atoms with E-state index in [1.54, 1.807) is 17.0 Å². The standard InChI is InChI=1S/C21H30N2O5S/c1-26-18-13-16(12-17(14-22)19(18)20(24)27-2)15-6-8-23(9-7-15)21(25)28-10-11-29(3,4)5/h12-13,15H,6-11H2,1-5H3. The molecule has 8 heteroatoms. The number of hydrogen-bond donors (Lipinski definition) is 0. The van der Waals surface area contributed by atoms with Crippen LogP contribution in [0.1, 0.15) is 40.2 Å². The van der Waals surface area contributed by atoms with Crippen LogP contribution in [0, 0.1) is 11.3 Å². The van der Waals surface area contributed by atoms with Crippen LogP contribution in [0.5, 0.6) is 5.75 Å². The predicted molar refractivity (Wildman–Crippen MR) is 114 cm³/mol. The molecule has 1 aromatic rings. The van der Waals surface area contributed by atoms with Gasteiger partial charge in [-0.25, -0.2) is 19.6 Å². The van der Waals surface area contributed by atoms with E-state index in [1.807, 2.05) is 0 Å². The molecule has 1 aliphatic rings. The molecular weight excluding hydrogens is 392 g/mol. The van der Waals surface area contributed by atoms with Crippen molar-refractivity contribution in [3.63, 3.8) is 0 Å². The third-order valence-electron chi connectivity index (χ3n) is 5.00. The van der Waals surface area contributed by atoms with E-state index in [0.717, 1.165) is 24.2 Å². The lowest BCUT2D eigenvalue weighted by Gasteiger charge is -2.32. The summed E-state index contributed by atoms with van der Waals surface area (Å²) in [5.74, 6) is 0.807. The molecule has 1 aromatic carbocycles. The first-order chi connectivity index (χ1) is 13.7. The summed E-state index contributed by atoms with van der Waals surface area (Å²) in [5, 5.41) is 9.48. The van der Waals surface area contributed by atoms with E-state index in [0.29, 0.717) is 25.4 Å². The van der Waals surface area contributed by atoms with Crippen LogP contribution in [-0.4, -0.2) is 75.4 Å². The van der Waals surface area contributed by atoms with E-state index < -0.39 is 16.0 Å². The van der Waals surface area contributed by atoms with Gasteiger partial charge in [-0.1, -0.05) is 0 Å². The quantitative estimate of drug-likeness (QED) is 0.653. The van der Waals surface area contributed by atoms with E-state index in [1.165, 1.54) is 14.2 Å². The zero-order valence-electron chi connectivity index (χ0n) is 17.8. The van der Waals surface area contributed by atoms with Crippen molar-refractivity contribution in [3.05, 3.63) is 28.8 Å². The summed E-state index contributed by atoms with van der Waals surface area (Å²) in [6.07, 6.45) is 7.84. The zero-order valence-corrected chi connectivity index (χ0v) is 18.6. The summed E-state index contributed by atoms with van der Waals surface area (Å²) in [6, 6.07) is 5.58. The minimum atomic E-state index is -0.687. The minimum absolute atomic E-state index is 0.142. The molecule has 0 N–H and O–H groups in total. The van der Waals surface area contributed by atoms with Crippen molar-refractivity contribution >= 4 is 22.1 Å². The second-order valence-corrected chi connectivity index (χ2v) is 12.5. The molecule has 0 aromatic heterocycles. The molecule has 0 atom stereocenters. The maximum absolute atomic E-state index is 12.3. The first kappa shape index (κ1) is 22.9. The lowest BCUT2D eigenvalue weighted by atomic mass is 9.87. The van der Waals surface area contributed by atoms with Crippen molar-refractivity contribution in [3.8, 4) is 11.8 Å². The first-order valence-corrected chi connectivity index (χ1v) is 12.5. The van der Waals surface area contributed by atoms with Gasteiger partial charge in [-0.2, -0.15) is 5.26 Å². The number of carbonyl (C=O) groups is 2. The van der Waals surface area contributed by atoms with Gasteiger partial charge in [-0.15, -0.1) is 0 Å². The van der Waals surface area contributed by atoms with E-state index >= 15 is 0 Å². The van der Waals surface area contributed by atoms with E-state index in [2.05, 4.69) is 24.8 Å². The lowest BCUT2D eigenvalue weighted by Crippen LogP contribution is -2.38. The van der Waals surface area contributed by atoms with Crippen molar-refractivity contribution in [1.29, 1.82) is 5.26 Å². The predicted octanol–water partition coefficient (Wildman–Crippen LogP) is 3.36. The van der Waals surface area contributed by atoms with Crippen LogP contribution in [0.3, 0.4) is 0 Å². The highest BCUT2D eigenvalue weighted by atomic mass is 32.3. The van der Waals surface area contributed by atoms with Crippen LogP contribution >= 0.6 is 10.0 Å². The van der Waals surface area contributed by atoms with E-state index in [9.17, 15) is 14.9 Å².